The summed E-state index contributed by atoms with van der Waals surface area (Å²) in [6.45, 7) is 0. The zero-order valence-electron chi connectivity index (χ0n) is 51.6. The average Bonchev–Trinajstić information content (AvgIpc) is 1.76. The Morgan fingerprint density at radius 3 is 0.330 bits per heavy atom. The largest absolute Gasteiger partial charge is 0.355 e. The van der Waals surface area contributed by atoms with Crippen molar-refractivity contribution >= 4 is 185 Å². The van der Waals surface area contributed by atoms with Crippen molar-refractivity contribution in [1.29, 1.82) is 0 Å². The molecule has 97 heavy (non-hydrogen) atoms. The van der Waals surface area contributed by atoms with E-state index in [0.717, 1.165) is 179 Å². The molecule has 0 aromatic carbocycles. The molecule has 0 spiro atoms. The van der Waals surface area contributed by atoms with Crippen molar-refractivity contribution in [3.63, 3.8) is 0 Å². The van der Waals surface area contributed by atoms with E-state index < -0.39 is 0 Å². The topological polar surface area (TPSA) is 229 Å². The Hall–Kier alpha value is -13.1. The first-order valence-electron chi connectivity index (χ1n) is 31.4. The Bertz CT molecular complexity index is 5030. The number of rotatable bonds is 0. The summed E-state index contributed by atoms with van der Waals surface area (Å²) in [6.07, 6.45) is 32.2. The number of H-pyrrole nitrogens is 8. The van der Waals surface area contributed by atoms with Crippen LogP contribution in [-0.2, 0) is 17.1 Å². The van der Waals surface area contributed by atoms with Crippen LogP contribution >= 0.6 is 0 Å². The van der Waals surface area contributed by atoms with Crippen molar-refractivity contribution in [2.24, 2.45) is 0 Å². The van der Waals surface area contributed by atoms with Crippen LogP contribution in [0.3, 0.4) is 0 Å². The smallest absolute Gasteiger partial charge is 0.0659 e. The van der Waals surface area contributed by atoms with Gasteiger partial charge in [-0.15, -0.1) is 0 Å². The van der Waals surface area contributed by atoms with Crippen molar-refractivity contribution < 1.29 is 17.1 Å². The van der Waals surface area contributed by atoms with Gasteiger partial charge in [-0.3, -0.25) is 0 Å². The van der Waals surface area contributed by atoms with Crippen LogP contribution in [0.2, 0.25) is 0 Å². The first-order valence-corrected chi connectivity index (χ1v) is 31.4. The van der Waals surface area contributed by atoms with Crippen LogP contribution in [0.1, 0.15) is 91.1 Å². The van der Waals surface area contributed by atoms with Gasteiger partial charge in [0.2, 0.25) is 0 Å². The number of fused-ring (bicyclic) bond motifs is 32. The van der Waals surface area contributed by atoms with Crippen LogP contribution in [0, 0.1) is 0 Å². The van der Waals surface area contributed by atoms with E-state index in [0.29, 0.717) is 0 Å². The van der Waals surface area contributed by atoms with E-state index in [2.05, 4.69) is 201 Å². The minimum Gasteiger partial charge on any atom is -0.355 e. The Labute approximate surface area is 564 Å². The third-order valence-corrected chi connectivity index (χ3v) is 16.2. The summed E-state index contributed by atoms with van der Waals surface area (Å²) in [5.74, 6) is 0. The normalized spacial score (nSPS) is 12.5. The fraction of sp³-hybridized carbons (Fsp3) is 0. The van der Waals surface area contributed by atoms with Crippen LogP contribution in [0.25, 0.3) is 185 Å². The van der Waals surface area contributed by atoms with Gasteiger partial charge in [-0.2, -0.15) is 0 Å². The van der Waals surface area contributed by atoms with E-state index in [-0.39, 0.29) is 17.1 Å². The molecule has 0 saturated carbocycles. The molecule has 16 nitrogen and oxygen atoms in total. The number of nitrogens with one attached hydrogen (secondary N) is 8. The summed E-state index contributed by atoms with van der Waals surface area (Å²) < 4.78 is 0. The molecule has 20 rings (SSSR count). The van der Waals surface area contributed by atoms with E-state index in [1.54, 1.807) is 0 Å². The molecule has 0 saturated heterocycles. The predicted molar refractivity (Wildman–Crippen MR) is 395 cm³/mol. The van der Waals surface area contributed by atoms with Crippen LogP contribution in [0.4, 0.5) is 0 Å². The Kier molecular flexibility index (Phi) is 15.7. The number of nitrogens with zero attached hydrogens (tertiary/aromatic N) is 8. The average molecular weight is 1300 g/mol. The van der Waals surface area contributed by atoms with Gasteiger partial charge in [0.1, 0.15) is 0 Å². The minimum atomic E-state index is 0. The van der Waals surface area contributed by atoms with E-state index in [4.69, 9.17) is 0 Å². The number of aromatic nitrogens is 16. The van der Waals surface area contributed by atoms with Crippen molar-refractivity contribution in [3.05, 3.63) is 285 Å². The Morgan fingerprint density at radius 1 is 0.124 bits per heavy atom. The van der Waals surface area contributed by atoms with Crippen LogP contribution < -0.4 is 0 Å². The maximum absolute atomic E-state index is 4.62. The molecule has 0 radical (unpaired) electrons. The fourth-order valence-electron chi connectivity index (χ4n) is 11.8. The first-order chi connectivity index (χ1) is 47.2. The molecule has 464 valence electrons. The summed E-state index contributed by atoms with van der Waals surface area (Å²) in [5.41, 5.74) is 31.4. The summed E-state index contributed by atoms with van der Waals surface area (Å²) >= 11 is 0. The Balaban J connectivity index is 0.000000101. The molecule has 12 aromatic rings. The maximum atomic E-state index is 4.62. The molecule has 20 heterocycles. The van der Waals surface area contributed by atoms with Crippen LogP contribution in [0.5, 0.6) is 0 Å². The Morgan fingerprint density at radius 2 is 0.216 bits per heavy atom. The van der Waals surface area contributed by atoms with Crippen LogP contribution in [-0.4, -0.2) is 79.7 Å². The molecule has 12 aromatic heterocycles. The molecule has 8 aliphatic heterocycles. The van der Waals surface area contributed by atoms with Crippen molar-refractivity contribution in [2.45, 2.75) is 0 Å². The van der Waals surface area contributed by atoms with Gasteiger partial charge in [0.05, 0.1) is 91.1 Å². The summed E-state index contributed by atoms with van der Waals surface area (Å²) in [5, 5.41) is 0. The summed E-state index contributed by atoms with van der Waals surface area (Å²) in [6, 6.07) is 65.6. The van der Waals surface area contributed by atoms with E-state index >= 15 is 0 Å². The zero-order valence-corrected chi connectivity index (χ0v) is 52.7. The van der Waals surface area contributed by atoms with Gasteiger partial charge >= 0.3 is 0 Å². The first kappa shape index (κ1) is 59.0. The number of hydrogen-bond acceptors (Lipinski definition) is 8. The minimum absolute atomic E-state index is 0. The second-order valence-corrected chi connectivity index (χ2v) is 23.6. The molecule has 0 unspecified atom stereocenters. The van der Waals surface area contributed by atoms with Gasteiger partial charge in [0.25, 0.3) is 0 Å². The second kappa shape index (κ2) is 25.8. The molecular weight excluding hydrogens is 1240 g/mol. The molecule has 0 aliphatic carbocycles. The van der Waals surface area contributed by atoms with Gasteiger partial charge in [-0.25, -0.2) is 39.9 Å². The summed E-state index contributed by atoms with van der Waals surface area (Å²) in [7, 11) is 0. The van der Waals surface area contributed by atoms with E-state index in [9.17, 15) is 0 Å². The molecule has 0 amide bonds. The third-order valence-electron chi connectivity index (χ3n) is 16.2. The van der Waals surface area contributed by atoms with Crippen molar-refractivity contribution in [2.75, 3.05) is 0 Å². The predicted octanol–water partition coefficient (Wildman–Crippen LogP) is 18.6. The summed E-state index contributed by atoms with van der Waals surface area (Å²) in [4.78, 5) is 64.1. The van der Waals surface area contributed by atoms with Gasteiger partial charge in [-0.1, -0.05) is 0 Å². The van der Waals surface area contributed by atoms with Gasteiger partial charge in [-0.05, 0) is 291 Å². The second-order valence-electron chi connectivity index (χ2n) is 23.6. The zero-order chi connectivity index (χ0) is 63.7. The molecule has 0 atom stereocenters. The fourth-order valence-corrected chi connectivity index (χ4v) is 11.8. The standard InChI is InChI=1S/4C20H14N4.Fe/c4*1-2-14-10-16-5-6-18(23-16)12-20-8-7-19(24-20)11-17-4-3-15(22-17)9-13(1)21-14;/h4*1-12,21-22H;. The van der Waals surface area contributed by atoms with Crippen molar-refractivity contribution in [1.82, 2.24) is 79.7 Å². The van der Waals surface area contributed by atoms with Crippen molar-refractivity contribution in [3.8, 4) is 0 Å². The number of hydrogen-bond donors (Lipinski definition) is 8. The van der Waals surface area contributed by atoms with E-state index in [1.807, 2.05) is 170 Å². The monoisotopic (exact) mass is 1300 g/mol. The molecule has 32 bridgehead atoms. The SMILES string of the molecule is C1=Cc2cc3ccc(cc4ccc(cc5nc(cc1n2)C=C5)[nH]4)[nH]3.C1=Cc2cc3ccc(cc4ccc(cc5nc(cc1n2)C=C5)[nH]4)[nH]3.C1=Cc2cc3ccc(cc4ccc(cc5nc(cc1n2)C=C5)[nH]4)[nH]3.C1=Cc2cc3ccc(cc4ccc(cc5nc(cc1n2)C=C5)[nH]4)[nH]3.[Fe]. The van der Waals surface area contributed by atoms with Gasteiger partial charge < -0.3 is 39.9 Å². The van der Waals surface area contributed by atoms with E-state index in [1.165, 1.54) is 0 Å². The quantitative estimate of drug-likeness (QED) is 0.0679. The molecule has 0 fully saturated rings. The molecule has 8 aliphatic rings. The van der Waals surface area contributed by atoms with Gasteiger partial charge in [0, 0.05) is 105 Å². The number of aromatic amines is 8. The maximum Gasteiger partial charge on any atom is 0.0659 e. The van der Waals surface area contributed by atoms with Gasteiger partial charge in [0.15, 0.2) is 0 Å². The molecular formula is C80H56FeN16. The molecule has 17 heteroatoms. The molecule has 8 N–H and O–H groups in total. The van der Waals surface area contributed by atoms with Crippen LogP contribution in [0.15, 0.2) is 194 Å². The third kappa shape index (κ3) is 14.3.